The predicted octanol–water partition coefficient (Wildman–Crippen LogP) is 3.42. The Morgan fingerprint density at radius 2 is 2.00 bits per heavy atom. The van der Waals surface area contributed by atoms with Gasteiger partial charge in [0.15, 0.2) is 16.6 Å². The second-order valence-corrected chi connectivity index (χ2v) is 8.92. The summed E-state index contributed by atoms with van der Waals surface area (Å²) < 4.78 is 16.2. The zero-order valence-electron chi connectivity index (χ0n) is 19.4. The average molecular weight is 508 g/mol. The minimum Gasteiger partial charge on any atom is -0.507 e. The van der Waals surface area contributed by atoms with Crippen molar-refractivity contribution in [3.63, 3.8) is 0 Å². The third-order valence-electron chi connectivity index (χ3n) is 5.71. The number of aryl methyl sites for hydroxylation is 1. The van der Waals surface area contributed by atoms with Gasteiger partial charge in [0.2, 0.25) is 0 Å². The Morgan fingerprint density at radius 1 is 1.22 bits per heavy atom. The SMILES string of the molecule is CCOC(=O)c1sc(N2C(=O)C(=O)C(=C(O)c3ccc4c(c3)OCCO4)C2c2cccnc2)nc1C. The Balaban J connectivity index is 1.65. The zero-order valence-corrected chi connectivity index (χ0v) is 20.2. The number of ketones is 1. The van der Waals surface area contributed by atoms with Crippen LogP contribution in [0.5, 0.6) is 11.5 Å². The molecule has 1 aromatic carbocycles. The van der Waals surface area contributed by atoms with Gasteiger partial charge in [0.1, 0.15) is 23.9 Å². The summed E-state index contributed by atoms with van der Waals surface area (Å²) in [6.45, 7) is 4.25. The molecule has 1 amide bonds. The summed E-state index contributed by atoms with van der Waals surface area (Å²) in [5.41, 5.74) is 1.01. The first kappa shape index (κ1) is 23.5. The van der Waals surface area contributed by atoms with E-state index in [4.69, 9.17) is 14.2 Å². The van der Waals surface area contributed by atoms with Gasteiger partial charge in [-0.15, -0.1) is 0 Å². The molecule has 1 N–H and O–H groups in total. The van der Waals surface area contributed by atoms with Crippen molar-refractivity contribution >= 4 is 39.9 Å². The molecule has 1 fully saturated rings. The number of thiazole rings is 1. The molecule has 1 unspecified atom stereocenters. The second-order valence-electron chi connectivity index (χ2n) is 7.95. The molecular weight excluding hydrogens is 486 g/mol. The molecule has 11 heteroatoms. The monoisotopic (exact) mass is 507 g/mol. The molecule has 10 nitrogen and oxygen atoms in total. The van der Waals surface area contributed by atoms with E-state index >= 15 is 0 Å². The molecule has 2 aliphatic rings. The number of aliphatic hydroxyl groups is 1. The minimum atomic E-state index is -1.02. The van der Waals surface area contributed by atoms with E-state index in [9.17, 15) is 19.5 Å². The maximum atomic E-state index is 13.3. The number of Topliss-reactive ketones (excluding diaryl/α,β-unsaturated/α-hetero) is 1. The molecule has 0 spiro atoms. The molecular formula is C25H21N3O7S. The van der Waals surface area contributed by atoms with Crippen LogP contribution in [0.3, 0.4) is 0 Å². The van der Waals surface area contributed by atoms with Crippen molar-refractivity contribution in [2.24, 2.45) is 0 Å². The summed E-state index contributed by atoms with van der Waals surface area (Å²) >= 11 is 0.943. The molecule has 184 valence electrons. The van der Waals surface area contributed by atoms with Crippen LogP contribution in [0.2, 0.25) is 0 Å². The molecule has 1 atom stereocenters. The number of esters is 1. The average Bonchev–Trinajstić information content (AvgIpc) is 3.40. The van der Waals surface area contributed by atoms with E-state index in [1.54, 1.807) is 50.4 Å². The molecule has 2 aliphatic heterocycles. The number of hydrogen-bond acceptors (Lipinski definition) is 10. The summed E-state index contributed by atoms with van der Waals surface area (Å²) in [7, 11) is 0. The largest absolute Gasteiger partial charge is 0.507 e. The first-order chi connectivity index (χ1) is 17.4. The number of aromatic nitrogens is 2. The molecule has 1 saturated heterocycles. The predicted molar refractivity (Wildman–Crippen MR) is 129 cm³/mol. The zero-order chi connectivity index (χ0) is 25.4. The fourth-order valence-electron chi connectivity index (χ4n) is 4.10. The topological polar surface area (TPSA) is 128 Å². The first-order valence-electron chi connectivity index (χ1n) is 11.2. The quantitative estimate of drug-likeness (QED) is 0.239. The van der Waals surface area contributed by atoms with Crippen molar-refractivity contribution in [2.45, 2.75) is 19.9 Å². The Morgan fingerprint density at radius 3 is 2.72 bits per heavy atom. The van der Waals surface area contributed by atoms with Crippen molar-refractivity contribution < 1.29 is 33.7 Å². The van der Waals surface area contributed by atoms with Gasteiger partial charge in [-0.25, -0.2) is 9.78 Å². The molecule has 0 radical (unpaired) electrons. The van der Waals surface area contributed by atoms with E-state index in [0.717, 1.165) is 11.3 Å². The molecule has 4 heterocycles. The van der Waals surface area contributed by atoms with Gasteiger partial charge < -0.3 is 19.3 Å². The minimum absolute atomic E-state index is 0.129. The van der Waals surface area contributed by atoms with Gasteiger partial charge in [-0.3, -0.25) is 19.5 Å². The lowest BCUT2D eigenvalue weighted by Crippen LogP contribution is -2.29. The number of carbonyl (C=O) groups is 3. The Hall–Kier alpha value is -4.25. The molecule has 2 aromatic heterocycles. The number of aliphatic hydroxyl groups excluding tert-OH is 1. The van der Waals surface area contributed by atoms with E-state index in [2.05, 4.69) is 9.97 Å². The van der Waals surface area contributed by atoms with Crippen LogP contribution in [0.15, 0.2) is 48.3 Å². The normalized spacial score (nSPS) is 18.4. The summed E-state index contributed by atoms with van der Waals surface area (Å²) in [4.78, 5) is 48.9. The van der Waals surface area contributed by atoms with Crippen LogP contribution in [0, 0.1) is 6.92 Å². The Labute approximate surface area is 209 Å². The Kier molecular flexibility index (Phi) is 6.15. The van der Waals surface area contributed by atoms with Crippen LogP contribution in [0.4, 0.5) is 5.13 Å². The van der Waals surface area contributed by atoms with Crippen LogP contribution < -0.4 is 14.4 Å². The molecule has 3 aromatic rings. The summed E-state index contributed by atoms with van der Waals surface area (Å²) in [5.74, 6) is -1.77. The van der Waals surface area contributed by atoms with Gasteiger partial charge in [0.25, 0.3) is 5.78 Å². The van der Waals surface area contributed by atoms with Crippen LogP contribution in [-0.4, -0.2) is 52.6 Å². The standard InChI is InChI=1S/C25H21N3O7S/c1-3-33-24(32)22-13(2)27-25(36-22)28-19(15-5-4-8-26-12-15)18(21(30)23(28)31)20(29)14-6-7-16-17(11-14)35-10-9-34-16/h4-8,11-12,19,29H,3,9-10H2,1-2H3. The highest BCUT2D eigenvalue weighted by molar-refractivity contribution is 7.17. The highest BCUT2D eigenvalue weighted by Crippen LogP contribution is 2.44. The van der Waals surface area contributed by atoms with Crippen LogP contribution in [0.1, 0.15) is 39.5 Å². The maximum absolute atomic E-state index is 13.3. The summed E-state index contributed by atoms with van der Waals surface area (Å²) in [6, 6.07) is 7.12. The van der Waals surface area contributed by atoms with E-state index in [1.165, 1.54) is 11.1 Å². The van der Waals surface area contributed by atoms with Crippen LogP contribution >= 0.6 is 11.3 Å². The third-order valence-corrected chi connectivity index (χ3v) is 6.85. The number of ether oxygens (including phenoxy) is 3. The third kappa shape index (κ3) is 3.97. The number of pyridine rings is 1. The number of nitrogens with zero attached hydrogens (tertiary/aromatic N) is 3. The van der Waals surface area contributed by atoms with Crippen molar-refractivity contribution in [3.8, 4) is 11.5 Å². The lowest BCUT2D eigenvalue weighted by atomic mass is 9.96. The highest BCUT2D eigenvalue weighted by Gasteiger charge is 2.48. The summed E-state index contributed by atoms with van der Waals surface area (Å²) in [6.07, 6.45) is 3.07. The van der Waals surface area contributed by atoms with Crippen LogP contribution in [0.25, 0.3) is 5.76 Å². The number of anilines is 1. The number of carbonyl (C=O) groups excluding carboxylic acids is 3. The molecule has 0 aliphatic carbocycles. The number of amides is 1. The smallest absolute Gasteiger partial charge is 0.350 e. The van der Waals surface area contributed by atoms with Gasteiger partial charge in [0.05, 0.1) is 23.9 Å². The second kappa shape index (κ2) is 9.42. The van der Waals surface area contributed by atoms with Crippen molar-refractivity contribution in [3.05, 3.63) is 70.0 Å². The van der Waals surface area contributed by atoms with Gasteiger partial charge in [0, 0.05) is 18.0 Å². The summed E-state index contributed by atoms with van der Waals surface area (Å²) in [5, 5.41) is 11.4. The van der Waals surface area contributed by atoms with Gasteiger partial charge in [-0.05, 0) is 43.7 Å². The van der Waals surface area contributed by atoms with E-state index in [1.807, 2.05) is 0 Å². The number of hydrogen-bond donors (Lipinski definition) is 1. The van der Waals surface area contributed by atoms with Gasteiger partial charge in [-0.1, -0.05) is 17.4 Å². The molecule has 0 saturated carbocycles. The fraction of sp³-hybridized carbons (Fsp3) is 0.240. The fourth-order valence-corrected chi connectivity index (χ4v) is 5.09. The lowest BCUT2D eigenvalue weighted by molar-refractivity contribution is -0.132. The first-order valence-corrected chi connectivity index (χ1v) is 12.0. The van der Waals surface area contributed by atoms with Crippen molar-refractivity contribution in [1.29, 1.82) is 0 Å². The van der Waals surface area contributed by atoms with E-state index in [-0.39, 0.29) is 33.5 Å². The van der Waals surface area contributed by atoms with Crippen LogP contribution in [-0.2, 0) is 14.3 Å². The van der Waals surface area contributed by atoms with Gasteiger partial charge in [-0.2, -0.15) is 0 Å². The Bertz CT molecular complexity index is 1400. The van der Waals surface area contributed by atoms with E-state index in [0.29, 0.717) is 36.0 Å². The van der Waals surface area contributed by atoms with E-state index < -0.39 is 23.7 Å². The number of rotatable bonds is 5. The van der Waals surface area contributed by atoms with Gasteiger partial charge >= 0.3 is 11.9 Å². The van der Waals surface area contributed by atoms with Crippen molar-refractivity contribution in [2.75, 3.05) is 24.7 Å². The maximum Gasteiger partial charge on any atom is 0.350 e. The highest BCUT2D eigenvalue weighted by atomic mass is 32.1. The number of benzene rings is 1. The number of fused-ring (bicyclic) bond motifs is 1. The molecule has 5 rings (SSSR count). The lowest BCUT2D eigenvalue weighted by Gasteiger charge is -2.23. The molecule has 0 bridgehead atoms. The van der Waals surface area contributed by atoms with Crippen molar-refractivity contribution in [1.82, 2.24) is 9.97 Å². The molecule has 36 heavy (non-hydrogen) atoms.